The van der Waals surface area contributed by atoms with Crippen LogP contribution in [0.4, 0.5) is 13.2 Å². The molecular weight excluding hydrogens is 309 g/mol. The summed E-state index contributed by atoms with van der Waals surface area (Å²) in [6, 6.07) is 0. The monoisotopic (exact) mass is 330 g/mol. The number of alkyl halides is 3. The lowest BCUT2D eigenvalue weighted by atomic mass is 9.62. The minimum atomic E-state index is -4.52. The average Bonchev–Trinajstić information content (AvgIpc) is 2.38. The summed E-state index contributed by atoms with van der Waals surface area (Å²) in [5.41, 5.74) is -2.49. The first kappa shape index (κ1) is 19.4. The molecule has 0 aromatic carbocycles. The molecule has 0 heterocycles. The van der Waals surface area contributed by atoms with E-state index in [0.29, 0.717) is 11.9 Å². The van der Waals surface area contributed by atoms with Crippen LogP contribution in [-0.2, 0) is 9.59 Å². The summed E-state index contributed by atoms with van der Waals surface area (Å²) in [6.07, 6.45) is -1.37. The number of halogens is 3. The van der Waals surface area contributed by atoms with Gasteiger partial charge in [0.25, 0.3) is 0 Å². The lowest BCUT2D eigenvalue weighted by Crippen LogP contribution is -2.49. The third-order valence-electron chi connectivity index (χ3n) is 4.29. The first-order chi connectivity index (χ1) is 10.3. The topological polar surface area (TPSA) is 54.4 Å². The average molecular weight is 330 g/mol. The number of ketones is 1. The second kappa shape index (κ2) is 6.43. The molecular formula is C17H21F3O3. The van der Waals surface area contributed by atoms with Gasteiger partial charge in [-0.1, -0.05) is 19.9 Å². The fourth-order valence-electron chi connectivity index (χ4n) is 2.79. The maximum Gasteiger partial charge on any atom is 0.393 e. The van der Waals surface area contributed by atoms with Gasteiger partial charge in [0.2, 0.25) is 0 Å². The molecule has 23 heavy (non-hydrogen) atoms. The quantitative estimate of drug-likeness (QED) is 0.486. The zero-order valence-electron chi connectivity index (χ0n) is 13.6. The van der Waals surface area contributed by atoms with Crippen molar-refractivity contribution in [2.45, 2.75) is 52.3 Å². The van der Waals surface area contributed by atoms with Crippen molar-refractivity contribution in [3.63, 3.8) is 0 Å². The molecule has 1 rings (SSSR count). The minimum absolute atomic E-state index is 0.00577. The van der Waals surface area contributed by atoms with E-state index in [1.165, 1.54) is 25.2 Å². The van der Waals surface area contributed by atoms with Crippen molar-refractivity contribution in [2.75, 3.05) is 0 Å². The van der Waals surface area contributed by atoms with Crippen LogP contribution in [0.3, 0.4) is 0 Å². The molecule has 0 amide bonds. The van der Waals surface area contributed by atoms with Gasteiger partial charge in [-0.2, -0.15) is 13.2 Å². The number of carbonyl (C=O) groups excluding carboxylic acids is 2. The van der Waals surface area contributed by atoms with Crippen LogP contribution in [-0.4, -0.2) is 29.0 Å². The Morgan fingerprint density at radius 2 is 1.91 bits per heavy atom. The smallest absolute Gasteiger partial charge is 0.381 e. The molecule has 0 spiro atoms. The first-order valence-corrected chi connectivity index (χ1v) is 7.18. The lowest BCUT2D eigenvalue weighted by Gasteiger charge is -2.45. The molecule has 128 valence electrons. The first-order valence-electron chi connectivity index (χ1n) is 7.18. The number of Topliss-reactive ketones (excluding diaryl/α,β-unsaturated/α-hetero) is 1. The molecule has 0 saturated carbocycles. The minimum Gasteiger partial charge on any atom is -0.381 e. The Hall–Kier alpha value is -1.69. The number of carbonyl (C=O) groups is 2. The summed E-state index contributed by atoms with van der Waals surface area (Å²) in [7, 11) is 0. The van der Waals surface area contributed by atoms with E-state index in [1.54, 1.807) is 20.8 Å². The second-order valence-electron chi connectivity index (χ2n) is 6.53. The molecule has 0 saturated heterocycles. The van der Waals surface area contributed by atoms with Crippen LogP contribution in [0.2, 0.25) is 0 Å². The maximum atomic E-state index is 12.7. The van der Waals surface area contributed by atoms with Gasteiger partial charge in [0.05, 0.1) is 6.42 Å². The van der Waals surface area contributed by atoms with Gasteiger partial charge in [-0.05, 0) is 37.1 Å². The molecule has 0 fully saturated rings. The van der Waals surface area contributed by atoms with Gasteiger partial charge in [0.1, 0.15) is 11.9 Å². The molecule has 6 heteroatoms. The van der Waals surface area contributed by atoms with E-state index < -0.39 is 29.4 Å². The Balaban J connectivity index is 3.42. The molecule has 0 radical (unpaired) electrons. The van der Waals surface area contributed by atoms with Crippen LogP contribution in [0.5, 0.6) is 0 Å². The van der Waals surface area contributed by atoms with Crippen molar-refractivity contribution in [1.82, 2.24) is 0 Å². The highest BCUT2D eigenvalue weighted by atomic mass is 19.4. The predicted octanol–water partition coefficient (Wildman–Crippen LogP) is 3.69. The van der Waals surface area contributed by atoms with Crippen molar-refractivity contribution < 1.29 is 27.9 Å². The fraction of sp³-hybridized carbons (Fsp3) is 0.529. The van der Waals surface area contributed by atoms with E-state index >= 15 is 0 Å². The van der Waals surface area contributed by atoms with Gasteiger partial charge in [-0.3, -0.25) is 9.59 Å². The highest BCUT2D eigenvalue weighted by molar-refractivity contribution is 5.98. The fourth-order valence-corrected chi connectivity index (χ4v) is 2.79. The number of allylic oxidation sites excluding steroid dienone is 4. The van der Waals surface area contributed by atoms with Crippen LogP contribution in [0.25, 0.3) is 0 Å². The number of aldehydes is 1. The summed E-state index contributed by atoms with van der Waals surface area (Å²) in [5.74, 6) is -0.594. The molecule has 1 aliphatic carbocycles. The normalized spacial score (nSPS) is 26.1. The Labute approximate surface area is 133 Å². The third kappa shape index (κ3) is 4.19. The summed E-state index contributed by atoms with van der Waals surface area (Å²) in [6.45, 7) is 6.23. The standard InChI is InChI=1S/C17H21F3O3/c1-11(6-8-21)5-7-16(23)12(2)13(9-17(18,19)20)14(22)10-15(16,3)4/h5-8,23H,9-10H2,1-4H3. The summed E-state index contributed by atoms with van der Waals surface area (Å²) in [5, 5.41) is 11.0. The van der Waals surface area contributed by atoms with Gasteiger partial charge in [-0.25, -0.2) is 0 Å². The van der Waals surface area contributed by atoms with Gasteiger partial charge in [-0.15, -0.1) is 0 Å². The van der Waals surface area contributed by atoms with E-state index in [9.17, 15) is 27.9 Å². The highest BCUT2D eigenvalue weighted by Gasteiger charge is 2.50. The van der Waals surface area contributed by atoms with Crippen molar-refractivity contribution in [3.05, 3.63) is 34.9 Å². The van der Waals surface area contributed by atoms with Crippen LogP contribution in [0.1, 0.15) is 40.5 Å². The van der Waals surface area contributed by atoms with E-state index in [-0.39, 0.29) is 17.6 Å². The van der Waals surface area contributed by atoms with E-state index in [4.69, 9.17) is 0 Å². The molecule has 1 aliphatic rings. The third-order valence-corrected chi connectivity index (χ3v) is 4.29. The molecule has 1 N–H and O–H groups in total. The van der Waals surface area contributed by atoms with Crippen molar-refractivity contribution in [2.24, 2.45) is 5.41 Å². The van der Waals surface area contributed by atoms with E-state index in [1.807, 2.05) is 0 Å². The lowest BCUT2D eigenvalue weighted by molar-refractivity contribution is -0.138. The molecule has 3 nitrogen and oxygen atoms in total. The molecule has 1 unspecified atom stereocenters. The Morgan fingerprint density at radius 3 is 2.39 bits per heavy atom. The van der Waals surface area contributed by atoms with Crippen LogP contribution in [0, 0.1) is 5.41 Å². The van der Waals surface area contributed by atoms with E-state index in [2.05, 4.69) is 0 Å². The Kier molecular flexibility index (Phi) is 5.41. The molecule has 0 aromatic rings. The number of hydrogen-bond acceptors (Lipinski definition) is 3. The van der Waals surface area contributed by atoms with Gasteiger partial charge in [0.15, 0.2) is 5.78 Å². The van der Waals surface area contributed by atoms with Gasteiger partial charge < -0.3 is 5.11 Å². The number of rotatable bonds is 4. The zero-order valence-corrected chi connectivity index (χ0v) is 13.6. The van der Waals surface area contributed by atoms with Gasteiger partial charge in [0, 0.05) is 17.4 Å². The highest BCUT2D eigenvalue weighted by Crippen LogP contribution is 2.48. The summed E-state index contributed by atoms with van der Waals surface area (Å²) >= 11 is 0. The molecule has 1 atom stereocenters. The predicted molar refractivity (Wildman–Crippen MR) is 80.7 cm³/mol. The molecule has 0 bridgehead atoms. The Morgan fingerprint density at radius 1 is 1.35 bits per heavy atom. The zero-order chi connectivity index (χ0) is 18.1. The SMILES string of the molecule is CC(C=CC1(O)C(C)=C(CC(F)(F)F)C(=O)CC1(C)C)=CC=O. The van der Waals surface area contributed by atoms with Crippen LogP contribution < -0.4 is 0 Å². The van der Waals surface area contributed by atoms with Gasteiger partial charge >= 0.3 is 6.18 Å². The number of aliphatic hydroxyl groups is 1. The second-order valence-corrected chi connectivity index (χ2v) is 6.53. The Bertz CT molecular complexity index is 595. The maximum absolute atomic E-state index is 12.7. The molecule has 0 aliphatic heterocycles. The summed E-state index contributed by atoms with van der Waals surface area (Å²) < 4.78 is 38.1. The largest absolute Gasteiger partial charge is 0.393 e. The van der Waals surface area contributed by atoms with Crippen molar-refractivity contribution in [3.8, 4) is 0 Å². The summed E-state index contributed by atoms with van der Waals surface area (Å²) in [4.78, 5) is 22.5. The molecule has 0 aromatic heterocycles. The van der Waals surface area contributed by atoms with Crippen molar-refractivity contribution >= 4 is 12.1 Å². The van der Waals surface area contributed by atoms with Crippen LogP contribution >= 0.6 is 0 Å². The van der Waals surface area contributed by atoms with E-state index in [0.717, 1.165) is 0 Å². The number of hydrogen-bond donors (Lipinski definition) is 1. The van der Waals surface area contributed by atoms with Crippen LogP contribution in [0.15, 0.2) is 34.9 Å². The van der Waals surface area contributed by atoms with Crippen molar-refractivity contribution in [1.29, 1.82) is 0 Å².